The van der Waals surface area contributed by atoms with E-state index < -0.39 is 5.97 Å². The summed E-state index contributed by atoms with van der Waals surface area (Å²) in [6, 6.07) is 3.32. The van der Waals surface area contributed by atoms with Gasteiger partial charge < -0.3 is 5.11 Å². The molecule has 2 aromatic heterocycles. The van der Waals surface area contributed by atoms with E-state index in [-0.39, 0.29) is 5.69 Å². The molecule has 6 nitrogen and oxygen atoms in total. The van der Waals surface area contributed by atoms with Crippen LogP contribution in [0.5, 0.6) is 0 Å². The normalized spacial score (nSPS) is 10.4. The van der Waals surface area contributed by atoms with Crippen LogP contribution in [0, 0.1) is 0 Å². The first kappa shape index (κ1) is 9.45. The van der Waals surface area contributed by atoms with Crippen LogP contribution in [0.15, 0.2) is 30.7 Å². The number of hydrogen-bond donors (Lipinski definition) is 1. The highest BCUT2D eigenvalue weighted by Gasteiger charge is 2.05. The number of aromatic carboxylic acids is 1. The lowest BCUT2D eigenvalue weighted by atomic mass is 10.5. The summed E-state index contributed by atoms with van der Waals surface area (Å²) < 4.78 is 3.35. The highest BCUT2D eigenvalue weighted by atomic mass is 16.4. The van der Waals surface area contributed by atoms with E-state index >= 15 is 0 Å². The van der Waals surface area contributed by atoms with Crippen LogP contribution in [0.2, 0.25) is 0 Å². The average molecular weight is 206 g/mol. The van der Waals surface area contributed by atoms with E-state index in [1.54, 1.807) is 21.8 Å². The summed E-state index contributed by atoms with van der Waals surface area (Å²) in [6.45, 7) is 1.28. The van der Waals surface area contributed by atoms with E-state index in [9.17, 15) is 4.79 Å². The largest absolute Gasteiger partial charge is 0.476 e. The maximum absolute atomic E-state index is 10.6. The molecule has 0 aliphatic carbocycles. The van der Waals surface area contributed by atoms with E-state index in [4.69, 9.17) is 5.11 Å². The fourth-order valence-corrected chi connectivity index (χ4v) is 1.24. The lowest BCUT2D eigenvalue weighted by Crippen LogP contribution is -2.09. The molecule has 0 saturated carbocycles. The summed E-state index contributed by atoms with van der Waals surface area (Å²) in [7, 11) is 0. The van der Waals surface area contributed by atoms with Crippen molar-refractivity contribution in [2.24, 2.45) is 0 Å². The van der Waals surface area contributed by atoms with Crippen LogP contribution >= 0.6 is 0 Å². The Labute approximate surface area is 85.8 Å². The number of aromatic nitrogens is 4. The van der Waals surface area contributed by atoms with Gasteiger partial charge in [-0.3, -0.25) is 9.36 Å². The highest BCUT2D eigenvalue weighted by Crippen LogP contribution is 1.96. The van der Waals surface area contributed by atoms with Crippen LogP contribution in [-0.2, 0) is 13.1 Å². The van der Waals surface area contributed by atoms with Crippen molar-refractivity contribution in [1.29, 1.82) is 0 Å². The van der Waals surface area contributed by atoms with Crippen LogP contribution in [0.1, 0.15) is 10.5 Å². The van der Waals surface area contributed by atoms with Gasteiger partial charge in [0.2, 0.25) is 0 Å². The van der Waals surface area contributed by atoms with E-state index in [1.165, 1.54) is 6.07 Å². The fourth-order valence-electron chi connectivity index (χ4n) is 1.24. The van der Waals surface area contributed by atoms with Crippen molar-refractivity contribution in [3.8, 4) is 0 Å². The van der Waals surface area contributed by atoms with E-state index in [0.29, 0.717) is 13.1 Å². The Morgan fingerprint density at radius 2 is 2.13 bits per heavy atom. The number of carboxylic acids is 1. The van der Waals surface area contributed by atoms with Crippen molar-refractivity contribution in [2.45, 2.75) is 13.1 Å². The third-order valence-corrected chi connectivity index (χ3v) is 1.98. The minimum atomic E-state index is -1.01. The Kier molecular flexibility index (Phi) is 2.49. The molecule has 2 rings (SSSR count). The van der Waals surface area contributed by atoms with Crippen molar-refractivity contribution in [3.63, 3.8) is 0 Å². The Morgan fingerprint density at radius 3 is 2.73 bits per heavy atom. The Bertz CT molecular complexity index is 446. The monoisotopic (exact) mass is 206 g/mol. The molecule has 2 heterocycles. The first-order valence-electron chi connectivity index (χ1n) is 4.50. The quantitative estimate of drug-likeness (QED) is 0.789. The first-order valence-corrected chi connectivity index (χ1v) is 4.50. The third kappa shape index (κ3) is 2.22. The van der Waals surface area contributed by atoms with Crippen LogP contribution < -0.4 is 0 Å². The molecule has 78 valence electrons. The molecule has 0 saturated heterocycles. The molecule has 2 aromatic rings. The van der Waals surface area contributed by atoms with Gasteiger partial charge in [0.1, 0.15) is 0 Å². The van der Waals surface area contributed by atoms with Crippen LogP contribution in [0.25, 0.3) is 0 Å². The number of carboxylic acid groups (broad SMARTS) is 1. The summed E-state index contributed by atoms with van der Waals surface area (Å²) in [6.07, 6.45) is 5.19. The molecule has 6 heteroatoms. The zero-order valence-corrected chi connectivity index (χ0v) is 7.95. The molecule has 0 spiro atoms. The van der Waals surface area contributed by atoms with E-state index in [1.807, 2.05) is 12.3 Å². The Balaban J connectivity index is 1.96. The van der Waals surface area contributed by atoms with Gasteiger partial charge in [-0.1, -0.05) is 0 Å². The molecule has 0 fully saturated rings. The summed E-state index contributed by atoms with van der Waals surface area (Å²) in [5, 5.41) is 16.6. The van der Waals surface area contributed by atoms with E-state index in [0.717, 1.165) is 0 Å². The molecule has 0 aromatic carbocycles. The van der Waals surface area contributed by atoms with Gasteiger partial charge in [-0.05, 0) is 12.1 Å². The Hall–Kier alpha value is -2.11. The minimum Gasteiger partial charge on any atom is -0.476 e. The van der Waals surface area contributed by atoms with Crippen LogP contribution in [0.3, 0.4) is 0 Å². The predicted octanol–water partition coefficient (Wildman–Crippen LogP) is 0.478. The standard InChI is InChI=1S/C9H10N4O2/c14-9(15)8-2-5-13(11-8)7-6-12-4-1-3-10-12/h1-5H,6-7H2,(H,14,15). The first-order chi connectivity index (χ1) is 7.25. The third-order valence-electron chi connectivity index (χ3n) is 1.98. The fraction of sp³-hybridized carbons (Fsp3) is 0.222. The van der Waals surface area contributed by atoms with Gasteiger partial charge in [-0.2, -0.15) is 10.2 Å². The van der Waals surface area contributed by atoms with Crippen molar-refractivity contribution < 1.29 is 9.90 Å². The minimum absolute atomic E-state index is 0.0652. The molecule has 1 N–H and O–H groups in total. The molecular weight excluding hydrogens is 196 g/mol. The molecular formula is C9H10N4O2. The van der Waals surface area contributed by atoms with Crippen molar-refractivity contribution in [2.75, 3.05) is 0 Å². The number of aryl methyl sites for hydroxylation is 2. The topological polar surface area (TPSA) is 72.9 Å². The SMILES string of the molecule is O=C(O)c1ccn(CCn2cccn2)n1. The van der Waals surface area contributed by atoms with Gasteiger partial charge >= 0.3 is 5.97 Å². The molecule has 0 unspecified atom stereocenters. The summed E-state index contributed by atoms with van der Waals surface area (Å²) in [5.41, 5.74) is 0.0652. The molecule has 0 amide bonds. The molecule has 0 aliphatic rings. The molecule has 0 radical (unpaired) electrons. The second kappa shape index (κ2) is 3.95. The zero-order valence-electron chi connectivity index (χ0n) is 7.95. The van der Waals surface area contributed by atoms with Gasteiger partial charge in [0, 0.05) is 18.6 Å². The maximum atomic E-state index is 10.6. The average Bonchev–Trinajstić information content (AvgIpc) is 2.86. The second-order valence-electron chi connectivity index (χ2n) is 3.04. The van der Waals surface area contributed by atoms with Gasteiger partial charge in [0.15, 0.2) is 5.69 Å². The van der Waals surface area contributed by atoms with Crippen molar-refractivity contribution in [3.05, 3.63) is 36.4 Å². The summed E-state index contributed by atoms with van der Waals surface area (Å²) >= 11 is 0. The lowest BCUT2D eigenvalue weighted by Gasteiger charge is -2.01. The number of carbonyl (C=O) groups is 1. The lowest BCUT2D eigenvalue weighted by molar-refractivity contribution is 0.0689. The zero-order chi connectivity index (χ0) is 10.7. The number of rotatable bonds is 4. The van der Waals surface area contributed by atoms with Crippen molar-refractivity contribution >= 4 is 5.97 Å². The Morgan fingerprint density at radius 1 is 1.33 bits per heavy atom. The highest BCUT2D eigenvalue weighted by molar-refractivity contribution is 5.84. The van der Waals surface area contributed by atoms with Crippen LogP contribution in [-0.4, -0.2) is 30.6 Å². The van der Waals surface area contributed by atoms with Gasteiger partial charge in [0.25, 0.3) is 0 Å². The van der Waals surface area contributed by atoms with Gasteiger partial charge in [0.05, 0.1) is 13.1 Å². The maximum Gasteiger partial charge on any atom is 0.356 e. The number of hydrogen-bond acceptors (Lipinski definition) is 3. The molecule has 0 aliphatic heterocycles. The van der Waals surface area contributed by atoms with Gasteiger partial charge in [-0.25, -0.2) is 4.79 Å². The predicted molar refractivity (Wildman–Crippen MR) is 51.4 cm³/mol. The second-order valence-corrected chi connectivity index (χ2v) is 3.04. The summed E-state index contributed by atoms with van der Waals surface area (Å²) in [5.74, 6) is -1.01. The van der Waals surface area contributed by atoms with Crippen molar-refractivity contribution in [1.82, 2.24) is 19.6 Å². The molecule has 15 heavy (non-hydrogen) atoms. The number of nitrogens with zero attached hydrogens (tertiary/aromatic N) is 4. The molecule has 0 bridgehead atoms. The molecule has 0 atom stereocenters. The van der Waals surface area contributed by atoms with Crippen LogP contribution in [0.4, 0.5) is 0 Å². The summed E-state index contributed by atoms with van der Waals surface area (Å²) in [4.78, 5) is 10.6. The van der Waals surface area contributed by atoms with Gasteiger partial charge in [-0.15, -0.1) is 0 Å². The smallest absolute Gasteiger partial charge is 0.356 e. The van der Waals surface area contributed by atoms with E-state index in [2.05, 4.69) is 10.2 Å².